The van der Waals surface area contributed by atoms with Crippen LogP contribution in [-0.4, -0.2) is 12.5 Å². The Morgan fingerprint density at radius 3 is 2.65 bits per heavy atom. The SMILES string of the molecule is CC1CC1(CNC(=O)c1cccc(Cl)c1)c1ccc(F)cc1F. The van der Waals surface area contributed by atoms with Gasteiger partial charge in [0, 0.05) is 28.6 Å². The van der Waals surface area contributed by atoms with Crippen LogP contribution in [0.1, 0.15) is 29.3 Å². The Labute approximate surface area is 138 Å². The second-order valence-corrected chi connectivity index (χ2v) is 6.51. The van der Waals surface area contributed by atoms with Crippen LogP contribution in [0, 0.1) is 17.6 Å². The molecule has 0 spiro atoms. The standard InChI is InChI=1S/C18H16ClF2NO/c1-11-9-18(11,15-6-5-14(20)8-16(15)21)10-22-17(23)12-3-2-4-13(19)7-12/h2-8,11H,9-10H2,1H3,(H,22,23). The first-order valence-corrected chi connectivity index (χ1v) is 7.79. The normalized spacial score (nSPS) is 22.7. The molecule has 0 aromatic heterocycles. The Bertz CT molecular complexity index is 764. The summed E-state index contributed by atoms with van der Waals surface area (Å²) in [5.41, 5.74) is 0.449. The number of hydrogen-bond acceptors (Lipinski definition) is 1. The molecule has 120 valence electrons. The first kappa shape index (κ1) is 15.9. The third-order valence-electron chi connectivity index (χ3n) is 4.57. The van der Waals surface area contributed by atoms with Crippen LogP contribution in [0.15, 0.2) is 42.5 Å². The number of hydrogen-bond donors (Lipinski definition) is 1. The zero-order chi connectivity index (χ0) is 16.6. The largest absolute Gasteiger partial charge is 0.351 e. The maximum Gasteiger partial charge on any atom is 0.251 e. The van der Waals surface area contributed by atoms with Gasteiger partial charge in [0.2, 0.25) is 0 Å². The van der Waals surface area contributed by atoms with Gasteiger partial charge in [0.25, 0.3) is 5.91 Å². The molecule has 0 heterocycles. The molecule has 1 fully saturated rings. The third kappa shape index (κ3) is 3.08. The number of carbonyl (C=O) groups excluding carboxylic acids is 1. The zero-order valence-corrected chi connectivity index (χ0v) is 13.3. The van der Waals surface area contributed by atoms with Crippen molar-refractivity contribution >= 4 is 17.5 Å². The quantitative estimate of drug-likeness (QED) is 0.885. The van der Waals surface area contributed by atoms with Crippen LogP contribution in [0.5, 0.6) is 0 Å². The first-order valence-electron chi connectivity index (χ1n) is 7.42. The third-order valence-corrected chi connectivity index (χ3v) is 4.81. The van der Waals surface area contributed by atoms with E-state index in [1.807, 2.05) is 6.92 Å². The van der Waals surface area contributed by atoms with Crippen LogP contribution in [0.2, 0.25) is 5.02 Å². The Balaban J connectivity index is 1.77. The van der Waals surface area contributed by atoms with Crippen LogP contribution in [0.25, 0.3) is 0 Å². The van der Waals surface area contributed by atoms with Gasteiger partial charge in [-0.3, -0.25) is 4.79 Å². The van der Waals surface area contributed by atoms with Gasteiger partial charge in [-0.15, -0.1) is 0 Å². The summed E-state index contributed by atoms with van der Waals surface area (Å²) in [6.07, 6.45) is 0.755. The smallest absolute Gasteiger partial charge is 0.251 e. The molecule has 5 heteroatoms. The van der Waals surface area contributed by atoms with Crippen LogP contribution in [0.4, 0.5) is 8.78 Å². The predicted octanol–water partition coefficient (Wildman–Crippen LogP) is 4.33. The fourth-order valence-electron chi connectivity index (χ4n) is 3.07. The van der Waals surface area contributed by atoms with Crippen LogP contribution >= 0.6 is 11.6 Å². The molecule has 2 atom stereocenters. The fourth-order valence-corrected chi connectivity index (χ4v) is 3.26. The van der Waals surface area contributed by atoms with Crippen molar-refractivity contribution in [1.82, 2.24) is 5.32 Å². The number of halogens is 3. The lowest BCUT2D eigenvalue weighted by Gasteiger charge is -2.19. The van der Waals surface area contributed by atoms with Gasteiger partial charge < -0.3 is 5.32 Å². The molecule has 0 aliphatic heterocycles. The second kappa shape index (κ2) is 5.93. The predicted molar refractivity (Wildman–Crippen MR) is 85.6 cm³/mol. The lowest BCUT2D eigenvalue weighted by Crippen LogP contribution is -2.33. The molecule has 1 saturated carbocycles. The molecule has 2 nitrogen and oxygen atoms in total. The minimum absolute atomic E-state index is 0.224. The monoisotopic (exact) mass is 335 g/mol. The van der Waals surface area contributed by atoms with Crippen molar-refractivity contribution in [2.24, 2.45) is 5.92 Å². The van der Waals surface area contributed by atoms with E-state index >= 15 is 0 Å². The van der Waals surface area contributed by atoms with Gasteiger partial charge in [0.1, 0.15) is 11.6 Å². The Hall–Kier alpha value is -1.94. The highest BCUT2D eigenvalue weighted by Gasteiger charge is 2.53. The van der Waals surface area contributed by atoms with Gasteiger partial charge >= 0.3 is 0 Å². The molecule has 1 amide bonds. The fraction of sp³-hybridized carbons (Fsp3) is 0.278. The Morgan fingerprint density at radius 2 is 2.04 bits per heavy atom. The summed E-state index contributed by atoms with van der Waals surface area (Å²) < 4.78 is 27.2. The number of carbonyl (C=O) groups is 1. The van der Waals surface area contributed by atoms with Crippen molar-refractivity contribution in [1.29, 1.82) is 0 Å². The summed E-state index contributed by atoms with van der Waals surface area (Å²) >= 11 is 5.88. The van der Waals surface area contributed by atoms with Crippen molar-refractivity contribution in [2.45, 2.75) is 18.8 Å². The molecule has 0 saturated heterocycles. The van der Waals surface area contributed by atoms with Crippen molar-refractivity contribution in [2.75, 3.05) is 6.54 Å². The molecule has 0 radical (unpaired) electrons. The van der Waals surface area contributed by atoms with Crippen molar-refractivity contribution in [3.8, 4) is 0 Å². The van der Waals surface area contributed by atoms with E-state index in [9.17, 15) is 13.6 Å². The maximum atomic E-state index is 14.1. The minimum atomic E-state index is -0.599. The molecule has 1 aliphatic carbocycles. The van der Waals surface area contributed by atoms with E-state index in [1.54, 1.807) is 24.3 Å². The summed E-state index contributed by atoms with van der Waals surface area (Å²) in [5.74, 6) is -1.19. The molecular weight excluding hydrogens is 320 g/mol. The molecule has 23 heavy (non-hydrogen) atoms. The molecule has 3 rings (SSSR count). The first-order chi connectivity index (χ1) is 10.9. The molecule has 2 unspecified atom stereocenters. The van der Waals surface area contributed by atoms with Crippen molar-refractivity contribution < 1.29 is 13.6 Å². The number of rotatable bonds is 4. The van der Waals surface area contributed by atoms with E-state index in [-0.39, 0.29) is 11.8 Å². The zero-order valence-electron chi connectivity index (χ0n) is 12.6. The van der Waals surface area contributed by atoms with Gasteiger partial charge in [0.05, 0.1) is 0 Å². The number of benzene rings is 2. The van der Waals surface area contributed by atoms with E-state index < -0.39 is 17.0 Å². The highest BCUT2D eigenvalue weighted by Crippen LogP contribution is 2.54. The Kier molecular flexibility index (Phi) is 4.11. The minimum Gasteiger partial charge on any atom is -0.351 e. The van der Waals surface area contributed by atoms with Crippen molar-refractivity contribution in [3.63, 3.8) is 0 Å². The van der Waals surface area contributed by atoms with Crippen LogP contribution < -0.4 is 5.32 Å². The van der Waals surface area contributed by atoms with Gasteiger partial charge in [-0.1, -0.05) is 30.7 Å². The van der Waals surface area contributed by atoms with E-state index in [0.717, 1.165) is 12.5 Å². The lowest BCUT2D eigenvalue weighted by molar-refractivity contribution is 0.0948. The average Bonchev–Trinajstić information content (AvgIpc) is 3.16. The lowest BCUT2D eigenvalue weighted by atomic mass is 9.92. The highest BCUT2D eigenvalue weighted by atomic mass is 35.5. The second-order valence-electron chi connectivity index (χ2n) is 6.08. The molecule has 2 aromatic carbocycles. The van der Waals surface area contributed by atoms with Gasteiger partial charge in [-0.25, -0.2) is 8.78 Å². The summed E-state index contributed by atoms with van der Waals surface area (Å²) in [5, 5.41) is 3.32. The number of nitrogens with one attached hydrogen (secondary N) is 1. The molecule has 0 bridgehead atoms. The van der Waals surface area contributed by atoms with E-state index in [0.29, 0.717) is 22.7 Å². The Morgan fingerprint density at radius 1 is 1.30 bits per heavy atom. The highest BCUT2D eigenvalue weighted by molar-refractivity contribution is 6.30. The number of amides is 1. The van der Waals surface area contributed by atoms with Crippen LogP contribution in [0.3, 0.4) is 0 Å². The summed E-state index contributed by atoms with van der Waals surface area (Å²) in [6.45, 7) is 2.30. The summed E-state index contributed by atoms with van der Waals surface area (Å²) in [4.78, 5) is 12.2. The van der Waals surface area contributed by atoms with Gasteiger partial charge in [0.15, 0.2) is 0 Å². The van der Waals surface area contributed by atoms with Crippen LogP contribution in [-0.2, 0) is 5.41 Å². The molecular formula is C18H16ClF2NO. The van der Waals surface area contributed by atoms with Gasteiger partial charge in [-0.2, -0.15) is 0 Å². The average molecular weight is 336 g/mol. The van der Waals surface area contributed by atoms with Gasteiger partial charge in [-0.05, 0) is 42.2 Å². The summed E-state index contributed by atoms with van der Waals surface area (Å²) in [6, 6.07) is 10.3. The van der Waals surface area contributed by atoms with E-state index in [4.69, 9.17) is 11.6 Å². The topological polar surface area (TPSA) is 29.1 Å². The maximum absolute atomic E-state index is 14.1. The summed E-state index contributed by atoms with van der Waals surface area (Å²) in [7, 11) is 0. The molecule has 2 aromatic rings. The molecule has 1 N–H and O–H groups in total. The van der Waals surface area contributed by atoms with Crippen molar-refractivity contribution in [3.05, 3.63) is 70.2 Å². The van der Waals surface area contributed by atoms with E-state index in [2.05, 4.69) is 5.32 Å². The molecule has 1 aliphatic rings. The van der Waals surface area contributed by atoms with E-state index in [1.165, 1.54) is 12.1 Å².